The van der Waals surface area contributed by atoms with Gasteiger partial charge in [-0.1, -0.05) is 43.7 Å². The zero-order chi connectivity index (χ0) is 35.5. The fourth-order valence-corrected chi connectivity index (χ4v) is 5.20. The number of carbonyl (C=O) groups is 4. The monoisotopic (exact) mass is 676 g/mol. The fraction of sp³-hybridized carbons (Fsp3) is 0.405. The van der Waals surface area contributed by atoms with Crippen molar-refractivity contribution in [2.75, 3.05) is 26.8 Å². The van der Waals surface area contributed by atoms with Crippen LogP contribution in [0.2, 0.25) is 0 Å². The van der Waals surface area contributed by atoms with Gasteiger partial charge in [-0.05, 0) is 69.0 Å². The number of fused-ring (bicyclic) bond motifs is 1. The topological polar surface area (TPSA) is 135 Å². The third-order valence-electron chi connectivity index (χ3n) is 7.85. The molecule has 0 saturated carbocycles. The summed E-state index contributed by atoms with van der Waals surface area (Å²) < 4.78 is 31.8. The van der Waals surface area contributed by atoms with E-state index in [-0.39, 0.29) is 61.5 Å². The molecule has 12 heteroatoms. The Morgan fingerprint density at radius 1 is 1.02 bits per heavy atom. The lowest BCUT2D eigenvalue weighted by molar-refractivity contribution is -0.136. The van der Waals surface area contributed by atoms with Crippen LogP contribution in [0.5, 0.6) is 23.0 Å². The van der Waals surface area contributed by atoms with Crippen LogP contribution in [0.3, 0.4) is 0 Å². The number of hydrogen-bond acceptors (Lipinski definition) is 7. The molecule has 0 unspecified atom stereocenters. The number of rotatable bonds is 9. The minimum absolute atomic E-state index is 0.00797. The SMILES string of the molecule is Cc1ccc(Oc2cc(F)ccc2OC[C@@H](C)NC(=O)[C@@H]2CCC(=O)N[C@@H](CC(C)C)C(=O)N(C)CCOc3ccccc3C(=O)N2)cc1. The number of halogens is 1. The van der Waals surface area contributed by atoms with Crippen LogP contribution in [0.25, 0.3) is 0 Å². The smallest absolute Gasteiger partial charge is 0.255 e. The van der Waals surface area contributed by atoms with Crippen LogP contribution in [-0.4, -0.2) is 73.5 Å². The van der Waals surface area contributed by atoms with E-state index >= 15 is 0 Å². The number of likely N-dealkylation sites (N-methyl/N-ethyl adjacent to an activating group) is 1. The van der Waals surface area contributed by atoms with E-state index in [1.54, 1.807) is 50.4 Å². The minimum Gasteiger partial charge on any atom is -0.491 e. The van der Waals surface area contributed by atoms with Crippen molar-refractivity contribution >= 4 is 23.6 Å². The van der Waals surface area contributed by atoms with Gasteiger partial charge in [0, 0.05) is 19.5 Å². The van der Waals surface area contributed by atoms with E-state index in [9.17, 15) is 23.6 Å². The van der Waals surface area contributed by atoms with E-state index in [4.69, 9.17) is 14.2 Å². The Kier molecular flexibility index (Phi) is 13.0. The second-order valence-corrected chi connectivity index (χ2v) is 12.6. The van der Waals surface area contributed by atoms with E-state index in [0.717, 1.165) is 5.56 Å². The van der Waals surface area contributed by atoms with E-state index in [0.29, 0.717) is 17.9 Å². The van der Waals surface area contributed by atoms with E-state index in [2.05, 4.69) is 16.0 Å². The van der Waals surface area contributed by atoms with Crippen molar-refractivity contribution in [2.45, 2.75) is 65.1 Å². The number of benzene rings is 3. The molecule has 0 aromatic heterocycles. The number of ether oxygens (including phenoxy) is 3. The van der Waals surface area contributed by atoms with Gasteiger partial charge in [-0.15, -0.1) is 0 Å². The van der Waals surface area contributed by atoms with Crippen molar-refractivity contribution in [2.24, 2.45) is 5.92 Å². The molecule has 0 radical (unpaired) electrons. The summed E-state index contributed by atoms with van der Waals surface area (Å²) in [5.74, 6) is -0.879. The summed E-state index contributed by atoms with van der Waals surface area (Å²) in [5, 5.41) is 8.42. The molecule has 262 valence electrons. The maximum Gasteiger partial charge on any atom is 0.255 e. The first-order chi connectivity index (χ1) is 23.4. The van der Waals surface area contributed by atoms with Crippen molar-refractivity contribution in [3.8, 4) is 23.0 Å². The average Bonchev–Trinajstić information content (AvgIpc) is 3.06. The van der Waals surface area contributed by atoms with Crippen LogP contribution in [-0.2, 0) is 14.4 Å². The summed E-state index contributed by atoms with van der Waals surface area (Å²) in [5.41, 5.74) is 1.25. The lowest BCUT2D eigenvalue weighted by atomic mass is 10.0. The number of nitrogens with one attached hydrogen (secondary N) is 3. The number of amides is 4. The number of aryl methyl sites for hydroxylation is 1. The molecular weight excluding hydrogens is 631 g/mol. The average molecular weight is 677 g/mol. The molecular formula is C37H45FN4O7. The standard InChI is InChI=1S/C37H45FN4O7/c1-23(2)20-30-37(46)42(5)18-19-47-31-9-7-6-8-28(31)35(44)41-29(15-17-34(43)40-30)36(45)39-25(4)22-48-32-16-12-26(38)21-33(32)49-27-13-10-24(3)11-14-27/h6-14,16,21,23,25,29-30H,15,17-20,22H2,1-5H3,(H,39,45)(H,40,43)(H,41,44)/t25-,29+,30+/m1/s1. The highest BCUT2D eigenvalue weighted by molar-refractivity contribution is 6.00. The van der Waals surface area contributed by atoms with Crippen molar-refractivity contribution in [3.63, 3.8) is 0 Å². The third kappa shape index (κ3) is 10.9. The van der Waals surface area contributed by atoms with Crippen LogP contribution < -0.4 is 30.2 Å². The molecule has 3 atom stereocenters. The maximum absolute atomic E-state index is 14.1. The predicted octanol–water partition coefficient (Wildman–Crippen LogP) is 4.77. The Balaban J connectivity index is 1.48. The summed E-state index contributed by atoms with van der Waals surface area (Å²) in [6.45, 7) is 7.92. The number of hydrogen-bond donors (Lipinski definition) is 3. The number of nitrogens with zero attached hydrogens (tertiary/aromatic N) is 1. The van der Waals surface area contributed by atoms with Gasteiger partial charge in [0.2, 0.25) is 17.7 Å². The zero-order valence-electron chi connectivity index (χ0n) is 28.6. The van der Waals surface area contributed by atoms with E-state index in [1.165, 1.54) is 23.1 Å². The molecule has 0 aliphatic carbocycles. The Morgan fingerprint density at radius 3 is 2.49 bits per heavy atom. The first kappa shape index (κ1) is 36.7. The van der Waals surface area contributed by atoms with Gasteiger partial charge >= 0.3 is 0 Å². The van der Waals surface area contributed by atoms with Gasteiger partial charge in [-0.3, -0.25) is 19.2 Å². The summed E-state index contributed by atoms with van der Waals surface area (Å²) >= 11 is 0. The molecule has 49 heavy (non-hydrogen) atoms. The third-order valence-corrected chi connectivity index (χ3v) is 7.85. The van der Waals surface area contributed by atoms with Crippen molar-refractivity contribution in [3.05, 3.63) is 83.7 Å². The van der Waals surface area contributed by atoms with Gasteiger partial charge in [0.1, 0.15) is 42.6 Å². The van der Waals surface area contributed by atoms with Crippen molar-refractivity contribution < 1.29 is 37.8 Å². The highest BCUT2D eigenvalue weighted by atomic mass is 19.1. The first-order valence-corrected chi connectivity index (χ1v) is 16.4. The first-order valence-electron chi connectivity index (χ1n) is 16.4. The van der Waals surface area contributed by atoms with Crippen LogP contribution in [0.4, 0.5) is 4.39 Å². The van der Waals surface area contributed by atoms with Crippen molar-refractivity contribution in [1.82, 2.24) is 20.9 Å². The normalized spacial score (nSPS) is 18.2. The quantitative estimate of drug-likeness (QED) is 0.297. The van der Waals surface area contributed by atoms with E-state index in [1.807, 2.05) is 32.9 Å². The molecule has 1 heterocycles. The maximum atomic E-state index is 14.1. The molecule has 3 N–H and O–H groups in total. The number of para-hydroxylation sites is 1. The predicted molar refractivity (Wildman–Crippen MR) is 182 cm³/mol. The molecule has 4 rings (SSSR count). The van der Waals surface area contributed by atoms with Gasteiger partial charge in [-0.25, -0.2) is 4.39 Å². The second kappa shape index (κ2) is 17.3. The number of carbonyl (C=O) groups excluding carboxylic acids is 4. The molecule has 0 fully saturated rings. The molecule has 0 spiro atoms. The lowest BCUT2D eigenvalue weighted by Crippen LogP contribution is -2.51. The van der Waals surface area contributed by atoms with E-state index < -0.39 is 41.7 Å². The lowest BCUT2D eigenvalue weighted by Gasteiger charge is -2.26. The Morgan fingerprint density at radius 2 is 1.76 bits per heavy atom. The summed E-state index contributed by atoms with van der Waals surface area (Å²) in [6, 6.07) is 15.4. The largest absolute Gasteiger partial charge is 0.491 e. The molecule has 1 aliphatic rings. The fourth-order valence-electron chi connectivity index (χ4n) is 5.20. The van der Waals surface area contributed by atoms with Crippen LogP contribution in [0.15, 0.2) is 66.7 Å². The van der Waals surface area contributed by atoms with Crippen LogP contribution in [0.1, 0.15) is 56.0 Å². The molecule has 0 saturated heterocycles. The molecule has 0 bridgehead atoms. The highest BCUT2D eigenvalue weighted by Crippen LogP contribution is 2.32. The Labute approximate surface area is 286 Å². The van der Waals surface area contributed by atoms with Crippen molar-refractivity contribution in [1.29, 1.82) is 0 Å². The van der Waals surface area contributed by atoms with Crippen LogP contribution in [0, 0.1) is 18.7 Å². The summed E-state index contributed by atoms with van der Waals surface area (Å²) in [6.07, 6.45) is 0.274. The second-order valence-electron chi connectivity index (χ2n) is 12.6. The molecule has 4 amide bonds. The Hall–Kier alpha value is -5.13. The Bertz CT molecular complexity index is 1610. The summed E-state index contributed by atoms with van der Waals surface area (Å²) in [4.78, 5) is 54.9. The molecule has 3 aromatic rings. The molecule has 11 nitrogen and oxygen atoms in total. The van der Waals surface area contributed by atoms with Gasteiger partial charge in [0.25, 0.3) is 5.91 Å². The molecule has 1 aliphatic heterocycles. The highest BCUT2D eigenvalue weighted by Gasteiger charge is 2.29. The molecule has 3 aromatic carbocycles. The van der Waals surface area contributed by atoms with Gasteiger partial charge < -0.3 is 35.1 Å². The van der Waals surface area contributed by atoms with Gasteiger partial charge in [-0.2, -0.15) is 0 Å². The van der Waals surface area contributed by atoms with Crippen LogP contribution >= 0.6 is 0 Å². The zero-order valence-corrected chi connectivity index (χ0v) is 28.6. The summed E-state index contributed by atoms with van der Waals surface area (Å²) in [7, 11) is 1.64. The minimum atomic E-state index is -1.10. The van der Waals surface area contributed by atoms with Gasteiger partial charge in [0.05, 0.1) is 18.2 Å². The van der Waals surface area contributed by atoms with Gasteiger partial charge in [0.15, 0.2) is 11.5 Å².